The average Bonchev–Trinajstić information content (AvgIpc) is 2.65. The Morgan fingerprint density at radius 3 is 2.59 bits per heavy atom. The number of allylic oxidation sites excluding steroid dienone is 3. The summed E-state index contributed by atoms with van der Waals surface area (Å²) in [6.07, 6.45) is -0.182. The number of halogens is 3. The van der Waals surface area contributed by atoms with E-state index in [1.54, 1.807) is 13.2 Å². The van der Waals surface area contributed by atoms with E-state index in [9.17, 15) is 18.0 Å². The quantitative estimate of drug-likeness (QED) is 0.780. The summed E-state index contributed by atoms with van der Waals surface area (Å²) in [4.78, 5) is 13.4. The van der Waals surface area contributed by atoms with Crippen molar-refractivity contribution in [1.82, 2.24) is 4.90 Å². The van der Waals surface area contributed by atoms with Crippen molar-refractivity contribution < 1.29 is 22.7 Å². The molecule has 2 rings (SSSR count). The Balaban J connectivity index is 2.17. The van der Waals surface area contributed by atoms with Crippen molar-refractivity contribution in [2.24, 2.45) is 5.92 Å². The van der Waals surface area contributed by atoms with Gasteiger partial charge < -0.3 is 4.74 Å². The Labute approximate surface area is 134 Å². The van der Waals surface area contributed by atoms with Crippen LogP contribution in [0.5, 0.6) is 0 Å². The molecule has 1 heterocycles. The predicted octanol–water partition coefficient (Wildman–Crippen LogP) is 3.32. The van der Waals surface area contributed by atoms with E-state index in [1.165, 1.54) is 11.0 Å². The predicted molar refractivity (Wildman–Crippen MR) is 83.1 cm³/mol. The highest BCUT2D eigenvalue weighted by molar-refractivity contribution is 8.28. The molecule has 22 heavy (non-hydrogen) atoms. The summed E-state index contributed by atoms with van der Waals surface area (Å²) in [5.41, 5.74) is -0.426. The lowest BCUT2D eigenvalue weighted by Crippen LogP contribution is -2.37. The van der Waals surface area contributed by atoms with Crippen molar-refractivity contribution in [3.05, 3.63) is 23.3 Å². The molecular formula is C14H18F3NO2S2. The van der Waals surface area contributed by atoms with Crippen LogP contribution in [0.2, 0.25) is 0 Å². The number of hydrogen-bond acceptors (Lipinski definition) is 3. The number of carbonyl (C=O) groups excluding carboxylic acids is 1. The van der Waals surface area contributed by atoms with Gasteiger partial charge in [-0.15, -0.1) is 0 Å². The van der Waals surface area contributed by atoms with E-state index in [4.69, 9.17) is 15.9 Å². The number of amides is 1. The van der Waals surface area contributed by atoms with Gasteiger partial charge in [-0.25, -0.2) is 4.79 Å². The van der Waals surface area contributed by atoms with Crippen LogP contribution in [0.3, 0.4) is 0 Å². The molecule has 2 unspecified atom stereocenters. The lowest BCUT2D eigenvalue weighted by atomic mass is 9.91. The monoisotopic (exact) mass is 353 g/mol. The second-order valence-electron chi connectivity index (χ2n) is 5.72. The zero-order valence-electron chi connectivity index (χ0n) is 12.5. The maximum absolute atomic E-state index is 12.9. The highest BCUT2D eigenvalue weighted by atomic mass is 32.8. The fourth-order valence-corrected chi connectivity index (χ4v) is 4.26. The van der Waals surface area contributed by atoms with Crippen LogP contribution in [0.15, 0.2) is 23.3 Å². The number of alkyl halides is 3. The number of cyclic esters (lactones) is 1. The molecule has 4 atom stereocenters. The van der Waals surface area contributed by atoms with Gasteiger partial charge in [0.1, 0.15) is 0 Å². The SMILES string of the molecule is CC1C=C(C(F)(F)F)C=C(CN2C(=O)O[C@H](S(C)=S)[C@H]2C)C1. The van der Waals surface area contributed by atoms with E-state index in [1.807, 2.05) is 6.92 Å². The normalized spacial score (nSPS) is 30.7. The summed E-state index contributed by atoms with van der Waals surface area (Å²) in [7, 11) is -0.509. The number of ether oxygens (including phenoxy) is 1. The fraction of sp³-hybridized carbons (Fsp3) is 0.643. The van der Waals surface area contributed by atoms with Crippen LogP contribution < -0.4 is 0 Å². The molecular weight excluding hydrogens is 335 g/mol. The molecule has 0 spiro atoms. The Kier molecular flexibility index (Phi) is 5.01. The molecule has 3 nitrogen and oxygen atoms in total. The van der Waals surface area contributed by atoms with Crippen LogP contribution in [-0.4, -0.2) is 41.4 Å². The van der Waals surface area contributed by atoms with Gasteiger partial charge in [0, 0.05) is 6.54 Å². The van der Waals surface area contributed by atoms with Gasteiger partial charge in [-0.05, 0) is 48.4 Å². The minimum Gasteiger partial charge on any atom is -0.432 e. The molecule has 1 amide bonds. The maximum atomic E-state index is 12.9. The van der Waals surface area contributed by atoms with Crippen LogP contribution in [0.4, 0.5) is 18.0 Å². The second-order valence-corrected chi connectivity index (χ2v) is 8.76. The van der Waals surface area contributed by atoms with Gasteiger partial charge in [-0.1, -0.05) is 22.5 Å². The van der Waals surface area contributed by atoms with E-state index < -0.39 is 27.3 Å². The molecule has 0 aromatic rings. The first-order chi connectivity index (χ1) is 10.1. The molecule has 2 aliphatic rings. The van der Waals surface area contributed by atoms with Crippen molar-refractivity contribution >= 4 is 26.7 Å². The Morgan fingerprint density at radius 2 is 2.09 bits per heavy atom. The molecule has 1 aliphatic heterocycles. The molecule has 0 saturated carbocycles. The first-order valence-corrected chi connectivity index (χ1v) is 9.49. The van der Waals surface area contributed by atoms with Crippen molar-refractivity contribution in [2.75, 3.05) is 12.8 Å². The second kappa shape index (κ2) is 6.31. The first kappa shape index (κ1) is 17.5. The smallest absolute Gasteiger partial charge is 0.416 e. The molecule has 8 heteroatoms. The molecule has 1 aliphatic carbocycles. The summed E-state index contributed by atoms with van der Waals surface area (Å²) < 4.78 is 43.9. The third-order valence-electron chi connectivity index (χ3n) is 3.77. The Hall–Kier alpha value is -0.890. The zero-order valence-corrected chi connectivity index (χ0v) is 14.1. The Bertz CT molecular complexity index is 557. The summed E-state index contributed by atoms with van der Waals surface area (Å²) in [6.45, 7) is 3.71. The van der Waals surface area contributed by atoms with Crippen LogP contribution >= 0.6 is 0 Å². The van der Waals surface area contributed by atoms with Gasteiger partial charge >= 0.3 is 12.3 Å². The van der Waals surface area contributed by atoms with Crippen LogP contribution in [0.1, 0.15) is 20.3 Å². The van der Waals surface area contributed by atoms with Crippen LogP contribution in [0, 0.1) is 5.92 Å². The van der Waals surface area contributed by atoms with Gasteiger partial charge in [-0.2, -0.15) is 13.2 Å². The molecule has 0 radical (unpaired) electrons. The number of rotatable bonds is 3. The van der Waals surface area contributed by atoms with E-state index in [-0.39, 0.29) is 23.9 Å². The van der Waals surface area contributed by atoms with Gasteiger partial charge in [0.15, 0.2) is 5.44 Å². The standard InChI is InChI=1S/C14H18F3NO2S2/c1-8-4-10(6-11(5-8)14(15,16)17)7-18-9(2)12(22(3)21)20-13(18)19/h5-6,8-9,12H,4,7H2,1-3H3/t8?,9-,12-,22?/m1/s1. The van der Waals surface area contributed by atoms with Crippen molar-refractivity contribution in [3.63, 3.8) is 0 Å². The zero-order chi connectivity index (χ0) is 16.7. The minimum atomic E-state index is -4.36. The summed E-state index contributed by atoms with van der Waals surface area (Å²) in [5, 5.41) is 0. The average molecular weight is 353 g/mol. The van der Waals surface area contributed by atoms with E-state index in [0.717, 1.165) is 6.08 Å². The molecule has 0 bridgehead atoms. The number of carbonyl (C=O) groups is 1. The highest BCUT2D eigenvalue weighted by Crippen LogP contribution is 2.34. The van der Waals surface area contributed by atoms with Crippen LogP contribution in [0.25, 0.3) is 0 Å². The highest BCUT2D eigenvalue weighted by Gasteiger charge is 2.41. The number of hydrogen-bond donors (Lipinski definition) is 0. The van der Waals surface area contributed by atoms with E-state index in [0.29, 0.717) is 12.0 Å². The molecule has 124 valence electrons. The van der Waals surface area contributed by atoms with Crippen molar-refractivity contribution in [3.8, 4) is 0 Å². The third-order valence-corrected chi connectivity index (χ3v) is 5.49. The first-order valence-electron chi connectivity index (χ1n) is 6.87. The van der Waals surface area contributed by atoms with Gasteiger partial charge in [0.2, 0.25) is 0 Å². The molecule has 1 saturated heterocycles. The lowest BCUT2D eigenvalue weighted by Gasteiger charge is -2.26. The van der Waals surface area contributed by atoms with Crippen molar-refractivity contribution in [1.29, 1.82) is 0 Å². The van der Waals surface area contributed by atoms with Gasteiger partial charge in [0.25, 0.3) is 0 Å². The Morgan fingerprint density at radius 1 is 1.45 bits per heavy atom. The van der Waals surface area contributed by atoms with Gasteiger partial charge in [0.05, 0.1) is 11.6 Å². The largest absolute Gasteiger partial charge is 0.432 e. The molecule has 1 fully saturated rings. The maximum Gasteiger partial charge on any atom is 0.416 e. The summed E-state index contributed by atoms with van der Waals surface area (Å²) in [5.74, 6) is -0.207. The van der Waals surface area contributed by atoms with Crippen LogP contribution in [-0.2, 0) is 25.4 Å². The molecule has 0 aromatic carbocycles. The third kappa shape index (κ3) is 3.71. The van der Waals surface area contributed by atoms with E-state index in [2.05, 4.69) is 0 Å². The minimum absolute atomic E-state index is 0.154. The molecule has 0 N–H and O–H groups in total. The van der Waals surface area contributed by atoms with E-state index >= 15 is 0 Å². The van der Waals surface area contributed by atoms with Gasteiger partial charge in [-0.3, -0.25) is 4.90 Å². The lowest BCUT2D eigenvalue weighted by molar-refractivity contribution is -0.0890. The van der Waals surface area contributed by atoms with Crippen molar-refractivity contribution in [2.45, 2.75) is 37.9 Å². The number of nitrogens with zero attached hydrogens (tertiary/aromatic N) is 1. The molecule has 0 aromatic heterocycles. The summed E-state index contributed by atoms with van der Waals surface area (Å²) in [6, 6.07) is -0.227. The summed E-state index contributed by atoms with van der Waals surface area (Å²) >= 11 is 5.16. The fourth-order valence-electron chi connectivity index (χ4n) is 2.74. The topological polar surface area (TPSA) is 29.5 Å².